The van der Waals surface area contributed by atoms with Crippen LogP contribution < -0.4 is 0 Å². The van der Waals surface area contributed by atoms with E-state index in [2.05, 4.69) is 33.7 Å². The Balaban J connectivity index is 2.04. The largest absolute Gasteiger partial charge is 0.379 e. The predicted molar refractivity (Wildman–Crippen MR) is 48.4 cm³/mol. The van der Waals surface area contributed by atoms with Crippen LogP contribution in [-0.2, 0) is 4.74 Å². The van der Waals surface area contributed by atoms with Gasteiger partial charge in [-0.3, -0.25) is 4.90 Å². The van der Waals surface area contributed by atoms with Gasteiger partial charge in [0.05, 0.1) is 13.2 Å². The first-order valence-corrected chi connectivity index (χ1v) is 4.89. The molecule has 1 aliphatic rings. The van der Waals surface area contributed by atoms with Gasteiger partial charge in [0.1, 0.15) is 6.17 Å². The third kappa shape index (κ3) is 1.91. The molecule has 1 fully saturated rings. The summed E-state index contributed by atoms with van der Waals surface area (Å²) in [6, 6.07) is 0. The first kappa shape index (κ1) is 9.54. The van der Waals surface area contributed by atoms with Gasteiger partial charge in [-0.15, -0.1) is 5.10 Å². The number of nitrogens with zero attached hydrogens (tertiary/aromatic N) is 5. The summed E-state index contributed by atoms with van der Waals surface area (Å²) in [7, 11) is 0. The molecule has 1 aromatic heterocycles. The lowest BCUT2D eigenvalue weighted by molar-refractivity contribution is -0.00696. The molecule has 1 unspecified atom stereocenters. The van der Waals surface area contributed by atoms with E-state index in [9.17, 15) is 0 Å². The second-order valence-electron chi connectivity index (χ2n) is 3.26. The molecule has 1 aromatic rings. The number of ether oxygens (including phenoxy) is 1. The van der Waals surface area contributed by atoms with Gasteiger partial charge in [0, 0.05) is 13.1 Å². The van der Waals surface area contributed by atoms with Crippen molar-refractivity contribution in [2.45, 2.75) is 19.5 Å². The number of rotatable bonds is 3. The fourth-order valence-electron chi connectivity index (χ4n) is 1.74. The molecule has 0 bridgehead atoms. The van der Waals surface area contributed by atoms with Crippen molar-refractivity contribution >= 4 is 0 Å². The molecule has 1 atom stereocenters. The van der Waals surface area contributed by atoms with E-state index >= 15 is 0 Å². The van der Waals surface area contributed by atoms with E-state index in [1.165, 1.54) is 0 Å². The first-order valence-electron chi connectivity index (χ1n) is 4.89. The third-order valence-electron chi connectivity index (χ3n) is 2.44. The van der Waals surface area contributed by atoms with Gasteiger partial charge >= 0.3 is 0 Å². The van der Waals surface area contributed by atoms with Gasteiger partial charge in [-0.1, -0.05) is 6.92 Å². The van der Waals surface area contributed by atoms with Crippen LogP contribution in [0.25, 0.3) is 0 Å². The highest BCUT2D eigenvalue weighted by Crippen LogP contribution is 2.16. The zero-order valence-electron chi connectivity index (χ0n) is 8.26. The molecule has 0 amide bonds. The number of aromatic nitrogens is 4. The van der Waals surface area contributed by atoms with E-state index in [1.54, 1.807) is 4.68 Å². The molecule has 1 saturated heterocycles. The summed E-state index contributed by atoms with van der Waals surface area (Å²) in [6.45, 7) is 5.57. The van der Waals surface area contributed by atoms with Crippen molar-refractivity contribution in [3.05, 3.63) is 6.33 Å². The van der Waals surface area contributed by atoms with Crippen molar-refractivity contribution in [1.29, 1.82) is 0 Å². The fraction of sp³-hybridized carbons (Fsp3) is 0.875. The van der Waals surface area contributed by atoms with Crippen LogP contribution in [0.15, 0.2) is 0 Å². The molecule has 0 aliphatic carbocycles. The number of hydrogen-bond donors (Lipinski definition) is 0. The van der Waals surface area contributed by atoms with Crippen LogP contribution in [0.3, 0.4) is 0 Å². The molecule has 77 valence electrons. The quantitative estimate of drug-likeness (QED) is 0.665. The summed E-state index contributed by atoms with van der Waals surface area (Å²) in [4.78, 5) is 2.32. The lowest BCUT2D eigenvalue weighted by Gasteiger charge is -2.32. The fourth-order valence-corrected chi connectivity index (χ4v) is 1.74. The van der Waals surface area contributed by atoms with Crippen molar-refractivity contribution in [2.24, 2.45) is 0 Å². The van der Waals surface area contributed by atoms with Crippen LogP contribution in [0.4, 0.5) is 0 Å². The maximum absolute atomic E-state index is 5.30. The van der Waals surface area contributed by atoms with Crippen LogP contribution in [-0.4, -0.2) is 51.4 Å². The summed E-state index contributed by atoms with van der Waals surface area (Å²) >= 11 is 0. The molecule has 6 heteroatoms. The van der Waals surface area contributed by atoms with Gasteiger partial charge in [-0.25, -0.2) is 4.68 Å². The smallest absolute Gasteiger partial charge is 0.223 e. The first-order chi connectivity index (χ1) is 6.92. The van der Waals surface area contributed by atoms with Crippen LogP contribution in [0.5, 0.6) is 0 Å². The zero-order valence-corrected chi connectivity index (χ0v) is 8.26. The molecule has 2 rings (SSSR count). The monoisotopic (exact) mass is 196 g/mol. The lowest BCUT2D eigenvalue weighted by Crippen LogP contribution is -2.41. The van der Waals surface area contributed by atoms with Crippen molar-refractivity contribution in [2.75, 3.05) is 26.3 Å². The highest BCUT2D eigenvalue weighted by molar-refractivity contribution is 4.69. The standard InChI is InChI=1S/C8H14N5O/c1-2-8(13-7-9-10-11-13)12-3-5-14-6-4-12/h8H,2-6H2,1H3. The summed E-state index contributed by atoms with van der Waals surface area (Å²) in [5.41, 5.74) is 0. The maximum Gasteiger partial charge on any atom is 0.223 e. The van der Waals surface area contributed by atoms with Crippen molar-refractivity contribution in [3.8, 4) is 0 Å². The predicted octanol–water partition coefficient (Wildman–Crippen LogP) is -0.286. The molecule has 1 radical (unpaired) electrons. The van der Waals surface area contributed by atoms with Crippen LogP contribution >= 0.6 is 0 Å². The Kier molecular flexibility index (Phi) is 3.05. The van der Waals surface area contributed by atoms with Crippen molar-refractivity contribution in [1.82, 2.24) is 25.1 Å². The van der Waals surface area contributed by atoms with Gasteiger partial charge in [-0.2, -0.15) is 0 Å². The minimum Gasteiger partial charge on any atom is -0.379 e. The van der Waals surface area contributed by atoms with Gasteiger partial charge in [0.15, 0.2) is 0 Å². The second kappa shape index (κ2) is 4.47. The van der Waals surface area contributed by atoms with Crippen LogP contribution in [0.1, 0.15) is 19.5 Å². The summed E-state index contributed by atoms with van der Waals surface area (Å²) in [6.07, 6.45) is 3.94. The van der Waals surface area contributed by atoms with Crippen LogP contribution in [0.2, 0.25) is 0 Å². The molecule has 0 N–H and O–H groups in total. The Hall–Kier alpha value is -1.01. The molecular formula is C8H14N5O. The minimum absolute atomic E-state index is 0.217. The molecule has 14 heavy (non-hydrogen) atoms. The minimum atomic E-state index is 0.217. The Bertz CT molecular complexity index is 257. The maximum atomic E-state index is 5.30. The molecular weight excluding hydrogens is 182 g/mol. The summed E-state index contributed by atoms with van der Waals surface area (Å²) in [5, 5.41) is 11.0. The van der Waals surface area contributed by atoms with Gasteiger partial charge < -0.3 is 4.74 Å². The molecule has 0 aromatic carbocycles. The van der Waals surface area contributed by atoms with E-state index in [4.69, 9.17) is 4.74 Å². The average Bonchev–Trinajstić information content (AvgIpc) is 2.74. The highest BCUT2D eigenvalue weighted by atomic mass is 16.5. The third-order valence-corrected chi connectivity index (χ3v) is 2.44. The lowest BCUT2D eigenvalue weighted by atomic mass is 10.3. The normalized spacial score (nSPS) is 20.9. The molecule has 1 aliphatic heterocycles. The van der Waals surface area contributed by atoms with E-state index in [1.807, 2.05) is 0 Å². The summed E-state index contributed by atoms with van der Waals surface area (Å²) < 4.78 is 6.98. The highest BCUT2D eigenvalue weighted by Gasteiger charge is 2.21. The molecule has 0 saturated carbocycles. The Labute approximate surface area is 82.8 Å². The van der Waals surface area contributed by atoms with Crippen molar-refractivity contribution < 1.29 is 4.74 Å². The van der Waals surface area contributed by atoms with Crippen molar-refractivity contribution in [3.63, 3.8) is 0 Å². The summed E-state index contributed by atoms with van der Waals surface area (Å²) in [5.74, 6) is 0. The van der Waals surface area contributed by atoms with E-state index < -0.39 is 0 Å². The number of tetrazole rings is 1. The molecule has 6 nitrogen and oxygen atoms in total. The Morgan fingerprint density at radius 2 is 2.21 bits per heavy atom. The van der Waals surface area contributed by atoms with E-state index in [-0.39, 0.29) is 6.17 Å². The van der Waals surface area contributed by atoms with Gasteiger partial charge in [0.2, 0.25) is 6.33 Å². The van der Waals surface area contributed by atoms with Gasteiger partial charge in [0.25, 0.3) is 0 Å². The number of morpholine rings is 1. The second-order valence-corrected chi connectivity index (χ2v) is 3.26. The Morgan fingerprint density at radius 1 is 1.43 bits per heavy atom. The topological polar surface area (TPSA) is 56.1 Å². The zero-order chi connectivity index (χ0) is 9.80. The van der Waals surface area contributed by atoms with Gasteiger partial charge in [-0.05, 0) is 16.8 Å². The van der Waals surface area contributed by atoms with E-state index in [0.29, 0.717) is 0 Å². The molecule has 0 spiro atoms. The average molecular weight is 196 g/mol. The molecule has 2 heterocycles. The SMILES string of the molecule is CCC(N1CCOCC1)n1[c]nnn1. The Morgan fingerprint density at radius 3 is 2.79 bits per heavy atom. The van der Waals surface area contributed by atoms with Crippen LogP contribution in [0, 0.1) is 6.33 Å². The number of hydrogen-bond acceptors (Lipinski definition) is 5. The van der Waals surface area contributed by atoms with E-state index in [0.717, 1.165) is 32.7 Å².